The molecule has 0 bridgehead atoms. The number of hydrogen-bond donors (Lipinski definition) is 0. The smallest absolute Gasteiger partial charge is 0.356 e. The fourth-order valence-corrected chi connectivity index (χ4v) is 3.39. The summed E-state index contributed by atoms with van der Waals surface area (Å²) in [6.45, 7) is 2.51. The summed E-state index contributed by atoms with van der Waals surface area (Å²) < 4.78 is 5.11. The number of fused-ring (bicyclic) bond motifs is 2. The molecule has 128 valence electrons. The van der Waals surface area contributed by atoms with Crippen LogP contribution in [0.3, 0.4) is 0 Å². The van der Waals surface area contributed by atoms with Gasteiger partial charge in [0.05, 0.1) is 12.6 Å². The summed E-state index contributed by atoms with van der Waals surface area (Å²) in [6.07, 6.45) is 7.08. The summed E-state index contributed by atoms with van der Waals surface area (Å²) in [5.41, 5.74) is 5.25. The van der Waals surface area contributed by atoms with Crippen molar-refractivity contribution in [2.24, 2.45) is 4.99 Å². The highest BCUT2D eigenvalue weighted by Gasteiger charge is 2.32. The highest BCUT2D eigenvalue weighted by molar-refractivity contribution is 5.99. The zero-order valence-electron chi connectivity index (χ0n) is 13.9. The van der Waals surface area contributed by atoms with Crippen LogP contribution in [0.25, 0.3) is 6.08 Å². The summed E-state index contributed by atoms with van der Waals surface area (Å²) in [5.74, 6) is -1.23. The van der Waals surface area contributed by atoms with E-state index in [0.717, 1.165) is 31.4 Å². The molecule has 0 saturated heterocycles. The first-order valence-electron chi connectivity index (χ1n) is 8.33. The molecule has 1 atom stereocenters. The van der Waals surface area contributed by atoms with Gasteiger partial charge in [0.25, 0.3) is 0 Å². The zero-order valence-corrected chi connectivity index (χ0v) is 13.9. The summed E-state index contributed by atoms with van der Waals surface area (Å²) in [7, 11) is 0. The molecule has 0 spiro atoms. The van der Waals surface area contributed by atoms with Crippen molar-refractivity contribution < 1.29 is 19.2 Å². The van der Waals surface area contributed by atoms with Crippen molar-refractivity contribution in [1.29, 1.82) is 0 Å². The summed E-state index contributed by atoms with van der Waals surface area (Å²) in [4.78, 5) is 32.7. The molecule has 0 radical (unpaired) electrons. The first kappa shape index (κ1) is 15.6. The molecule has 0 aromatic heterocycles. The number of benzene rings is 1. The number of aryl methyl sites for hydroxylation is 2. The molecular formula is C19H18N2O4. The number of ether oxygens (including phenoxy) is 1. The first-order valence-corrected chi connectivity index (χ1v) is 8.33. The van der Waals surface area contributed by atoms with E-state index in [1.807, 2.05) is 0 Å². The third-order valence-electron chi connectivity index (χ3n) is 4.61. The van der Waals surface area contributed by atoms with Crippen LogP contribution in [-0.4, -0.2) is 35.6 Å². The van der Waals surface area contributed by atoms with Crippen molar-refractivity contribution in [3.8, 4) is 0 Å². The van der Waals surface area contributed by atoms with Gasteiger partial charge in [0.1, 0.15) is 0 Å². The number of carbonyl (C=O) groups excluding carboxylic acids is 2. The maximum Gasteiger partial charge on any atom is 0.356 e. The van der Waals surface area contributed by atoms with Gasteiger partial charge in [-0.2, -0.15) is 5.06 Å². The van der Waals surface area contributed by atoms with Crippen molar-refractivity contribution >= 4 is 24.0 Å². The van der Waals surface area contributed by atoms with Crippen LogP contribution in [0.1, 0.15) is 29.5 Å². The molecule has 0 saturated carbocycles. The molecule has 4 rings (SSSR count). The van der Waals surface area contributed by atoms with E-state index in [1.165, 1.54) is 27.3 Å². The third kappa shape index (κ3) is 3.20. The predicted octanol–water partition coefficient (Wildman–Crippen LogP) is 2.33. The van der Waals surface area contributed by atoms with Gasteiger partial charge >= 0.3 is 18.0 Å². The molecule has 2 aliphatic heterocycles. The quantitative estimate of drug-likeness (QED) is 0.774. The summed E-state index contributed by atoms with van der Waals surface area (Å²) in [5, 5.41) is 1.26. The molecule has 2 heterocycles. The molecule has 1 aliphatic carbocycles. The second-order valence-electron chi connectivity index (χ2n) is 6.45. The molecule has 6 heteroatoms. The van der Waals surface area contributed by atoms with Crippen molar-refractivity contribution in [2.75, 3.05) is 6.54 Å². The Bertz CT molecular complexity index is 838. The normalized spacial score (nSPS) is 23.4. The fraction of sp³-hybridized carbons (Fsp3) is 0.316. The van der Waals surface area contributed by atoms with E-state index in [9.17, 15) is 9.59 Å². The van der Waals surface area contributed by atoms with Crippen LogP contribution in [-0.2, 0) is 25.6 Å². The second kappa shape index (κ2) is 6.20. The molecule has 1 aromatic carbocycles. The van der Waals surface area contributed by atoms with Gasteiger partial charge in [0.15, 0.2) is 0 Å². The minimum absolute atomic E-state index is 0.0562. The maximum atomic E-state index is 11.6. The van der Waals surface area contributed by atoms with Crippen molar-refractivity contribution in [3.05, 3.63) is 52.6 Å². The zero-order chi connectivity index (χ0) is 17.4. The van der Waals surface area contributed by atoms with Gasteiger partial charge in [-0.25, -0.2) is 14.6 Å². The minimum Gasteiger partial charge on any atom is -0.387 e. The number of carbonyl (C=O) groups is 2. The van der Waals surface area contributed by atoms with Crippen molar-refractivity contribution in [2.45, 2.75) is 32.2 Å². The average Bonchev–Trinajstić information content (AvgIpc) is 2.93. The van der Waals surface area contributed by atoms with Gasteiger partial charge in [-0.15, -0.1) is 0 Å². The van der Waals surface area contributed by atoms with Gasteiger partial charge in [-0.3, -0.25) is 0 Å². The van der Waals surface area contributed by atoms with Crippen LogP contribution in [0.15, 0.2) is 40.9 Å². The molecule has 0 N–H and O–H groups in total. The number of aliphatic imine (C=N–C) groups is 1. The van der Waals surface area contributed by atoms with Gasteiger partial charge in [-0.05, 0) is 42.9 Å². The highest BCUT2D eigenvalue weighted by atomic mass is 16.7. The number of esters is 1. The van der Waals surface area contributed by atoms with Gasteiger partial charge < -0.3 is 9.57 Å². The molecule has 0 fully saturated rings. The van der Waals surface area contributed by atoms with Crippen LogP contribution in [0.2, 0.25) is 0 Å². The monoisotopic (exact) mass is 338 g/mol. The van der Waals surface area contributed by atoms with E-state index in [4.69, 9.17) is 9.57 Å². The predicted molar refractivity (Wildman–Crippen MR) is 91.3 cm³/mol. The molecule has 6 nitrogen and oxygen atoms in total. The molecule has 3 aliphatic rings. The first-order chi connectivity index (χ1) is 12.1. The van der Waals surface area contributed by atoms with Gasteiger partial charge in [0.2, 0.25) is 0 Å². The Balaban J connectivity index is 1.52. The minimum atomic E-state index is -0.623. The second-order valence-corrected chi connectivity index (χ2v) is 6.45. The average molecular weight is 338 g/mol. The molecular weight excluding hydrogens is 320 g/mol. The van der Waals surface area contributed by atoms with Crippen molar-refractivity contribution in [1.82, 2.24) is 5.06 Å². The van der Waals surface area contributed by atoms with Crippen LogP contribution in [0.5, 0.6) is 0 Å². The fourth-order valence-electron chi connectivity index (χ4n) is 3.39. The van der Waals surface area contributed by atoms with E-state index in [-0.39, 0.29) is 12.1 Å². The molecule has 1 unspecified atom stereocenters. The topological polar surface area (TPSA) is 68.2 Å². The lowest BCUT2D eigenvalue weighted by molar-refractivity contribution is -0.171. The third-order valence-corrected chi connectivity index (χ3v) is 4.61. The maximum absolute atomic E-state index is 11.6. The number of hydrogen-bond acceptors (Lipinski definition) is 6. The van der Waals surface area contributed by atoms with Crippen molar-refractivity contribution in [3.63, 3.8) is 0 Å². The van der Waals surface area contributed by atoms with E-state index < -0.39 is 11.9 Å². The van der Waals surface area contributed by atoms with E-state index in [0.29, 0.717) is 6.54 Å². The number of rotatable bonds is 2. The molecule has 1 aromatic rings. The largest absolute Gasteiger partial charge is 0.387 e. The SMILES string of the molecule is Cc1cccc2c1C=C(CC1CN3OC(=O)/C=C/C(=O)OC3=N1)CC2. The van der Waals surface area contributed by atoms with Gasteiger partial charge in [-0.1, -0.05) is 29.8 Å². The van der Waals surface area contributed by atoms with E-state index >= 15 is 0 Å². The Morgan fingerprint density at radius 2 is 2.04 bits per heavy atom. The van der Waals surface area contributed by atoms with Crippen LogP contribution < -0.4 is 0 Å². The Labute approximate surface area is 145 Å². The molecule has 25 heavy (non-hydrogen) atoms. The lowest BCUT2D eigenvalue weighted by atomic mass is 9.87. The lowest BCUT2D eigenvalue weighted by Crippen LogP contribution is -2.35. The summed E-state index contributed by atoms with van der Waals surface area (Å²) in [6, 6.07) is 6.33. The highest BCUT2D eigenvalue weighted by Crippen LogP contribution is 2.30. The van der Waals surface area contributed by atoms with Crippen LogP contribution in [0, 0.1) is 6.92 Å². The number of hydroxylamine groups is 2. The van der Waals surface area contributed by atoms with Crippen LogP contribution >= 0.6 is 0 Å². The lowest BCUT2D eigenvalue weighted by Gasteiger charge is -2.20. The van der Waals surface area contributed by atoms with E-state index in [2.05, 4.69) is 36.2 Å². The Morgan fingerprint density at radius 3 is 2.92 bits per heavy atom. The Hall–Kier alpha value is -2.89. The van der Waals surface area contributed by atoms with E-state index in [1.54, 1.807) is 0 Å². The standard InChI is InChI=1S/C19H18N2O4/c1-12-3-2-4-14-6-5-13(10-16(12)14)9-15-11-21-19(20-15)24-17(22)7-8-18(23)25-21/h2-4,7-8,10,15H,5-6,9,11H2,1H3/b8-7+. The number of amidine groups is 1. The Morgan fingerprint density at radius 1 is 1.20 bits per heavy atom. The Kier molecular flexibility index (Phi) is 3.87. The number of nitrogens with zero attached hydrogens (tertiary/aromatic N) is 2. The molecule has 0 amide bonds. The van der Waals surface area contributed by atoms with Crippen LogP contribution in [0.4, 0.5) is 0 Å². The van der Waals surface area contributed by atoms with Gasteiger partial charge in [0, 0.05) is 12.2 Å². The summed E-state index contributed by atoms with van der Waals surface area (Å²) >= 11 is 0.